The second kappa shape index (κ2) is 17.1. The van der Waals surface area contributed by atoms with Gasteiger partial charge in [-0.2, -0.15) is 0 Å². The van der Waals surface area contributed by atoms with Gasteiger partial charge in [-0.15, -0.1) is 0 Å². The molecule has 4 heteroatoms. The van der Waals surface area contributed by atoms with Crippen molar-refractivity contribution in [2.45, 2.75) is 223 Å². The second-order valence-electron chi connectivity index (χ2n) is 24.2. The van der Waals surface area contributed by atoms with Crippen molar-refractivity contribution < 1.29 is 19.8 Å². The largest absolute Gasteiger partial charge is 0.393 e. The van der Waals surface area contributed by atoms with Gasteiger partial charge in [0, 0.05) is 24.0 Å². The van der Waals surface area contributed by atoms with Gasteiger partial charge in [-0.3, -0.25) is 9.59 Å². The van der Waals surface area contributed by atoms with Crippen LogP contribution in [0.3, 0.4) is 0 Å². The molecule has 6 saturated carbocycles. The Kier molecular flexibility index (Phi) is 13.2. The first-order valence-electron chi connectivity index (χ1n) is 25.2. The Morgan fingerprint density at radius 3 is 1.28 bits per heavy atom. The van der Waals surface area contributed by atoms with Gasteiger partial charge < -0.3 is 10.2 Å². The summed E-state index contributed by atoms with van der Waals surface area (Å²) in [6.45, 7) is 24.0. The van der Waals surface area contributed by atoms with E-state index in [4.69, 9.17) is 0 Å². The zero-order valence-electron chi connectivity index (χ0n) is 39.2. The summed E-state index contributed by atoms with van der Waals surface area (Å²) in [7, 11) is 0. The molecule has 0 saturated heterocycles. The number of hydrogen-bond acceptors (Lipinski definition) is 4. The topological polar surface area (TPSA) is 74.6 Å². The van der Waals surface area contributed by atoms with Crippen LogP contribution in [0.2, 0.25) is 0 Å². The summed E-state index contributed by atoms with van der Waals surface area (Å²) in [6, 6.07) is 0. The molecule has 0 amide bonds. The molecule has 0 radical (unpaired) electrons. The molecule has 8 rings (SSSR count). The average Bonchev–Trinajstić information content (AvgIpc) is 3.60. The van der Waals surface area contributed by atoms with Crippen molar-refractivity contribution in [2.75, 3.05) is 0 Å². The van der Waals surface area contributed by atoms with Gasteiger partial charge in [-0.25, -0.2) is 0 Å². The van der Waals surface area contributed by atoms with E-state index in [1.807, 2.05) is 0 Å². The molecule has 0 aromatic rings. The number of fused-ring (bicyclic) bond motifs is 8. The van der Waals surface area contributed by atoms with Gasteiger partial charge in [0.05, 0.1) is 12.2 Å². The number of allylic oxidation sites excluding steroid dienone is 4. The number of carbonyl (C=O) groups is 2. The van der Waals surface area contributed by atoms with E-state index >= 15 is 0 Å². The Balaban J connectivity index is 0.000000177. The first kappa shape index (κ1) is 44.8. The summed E-state index contributed by atoms with van der Waals surface area (Å²) in [5, 5.41) is 20.5. The van der Waals surface area contributed by atoms with E-state index in [0.717, 1.165) is 76.0 Å². The fourth-order valence-corrected chi connectivity index (χ4v) is 16.4. The zero-order valence-corrected chi connectivity index (χ0v) is 39.2. The van der Waals surface area contributed by atoms with E-state index in [-0.39, 0.29) is 23.0 Å². The minimum Gasteiger partial charge on any atom is -0.393 e. The Morgan fingerprint density at radius 1 is 0.534 bits per heavy atom. The number of Topliss-reactive ketones (excluding diaryl/α,β-unsaturated/α-hetero) is 2. The van der Waals surface area contributed by atoms with Crippen molar-refractivity contribution >= 4 is 11.6 Å². The molecule has 58 heavy (non-hydrogen) atoms. The lowest BCUT2D eigenvalue weighted by Crippen LogP contribution is -2.48. The van der Waals surface area contributed by atoms with Gasteiger partial charge in [0.15, 0.2) is 11.6 Å². The zero-order chi connectivity index (χ0) is 41.9. The molecule has 328 valence electrons. The molecule has 0 bridgehead atoms. The number of carbonyl (C=O) groups excluding carboxylic acids is 2. The van der Waals surface area contributed by atoms with Gasteiger partial charge in [0.25, 0.3) is 0 Å². The molecule has 0 aromatic carbocycles. The molecular formula is C54H88O4. The minimum absolute atomic E-state index is 0.0969. The summed E-state index contributed by atoms with van der Waals surface area (Å²) < 4.78 is 0. The number of aliphatic hydroxyl groups is 2. The minimum atomic E-state index is -0.0969. The van der Waals surface area contributed by atoms with E-state index in [1.54, 1.807) is 11.1 Å². The fourth-order valence-electron chi connectivity index (χ4n) is 16.4. The molecule has 0 heterocycles. The van der Waals surface area contributed by atoms with Crippen LogP contribution in [0.1, 0.15) is 210 Å². The van der Waals surface area contributed by atoms with Crippen LogP contribution in [0.15, 0.2) is 22.3 Å². The van der Waals surface area contributed by atoms with E-state index in [2.05, 4.69) is 69.2 Å². The normalized spacial score (nSPS) is 43.2. The van der Waals surface area contributed by atoms with E-state index in [1.165, 1.54) is 88.2 Å². The molecule has 8 aliphatic rings. The van der Waals surface area contributed by atoms with Crippen LogP contribution in [-0.2, 0) is 9.59 Å². The van der Waals surface area contributed by atoms with Crippen molar-refractivity contribution in [3.8, 4) is 0 Å². The van der Waals surface area contributed by atoms with E-state index in [9.17, 15) is 19.8 Å². The third kappa shape index (κ3) is 7.98. The van der Waals surface area contributed by atoms with Crippen LogP contribution in [0.4, 0.5) is 0 Å². The SMILES string of the molecule is CC(C)CCC[C@@H](C)[C@H]1CC(=O)C2=C3CC[C@H]4C[C@@H](O)CC[C@]4(C)[C@H]3CC[C@@]21C.CC(C)CCC[C@@H](C)[C@H]1CC(=O)C2=C3CC[C@H]4C[C@@H](O)CC[C@]4(C)[C@H]3CC[C@@]21C. The van der Waals surface area contributed by atoms with Gasteiger partial charge in [-0.05, 0) is 171 Å². The highest BCUT2D eigenvalue weighted by atomic mass is 16.3. The molecule has 8 aliphatic carbocycles. The molecule has 2 N–H and O–H groups in total. The van der Waals surface area contributed by atoms with Crippen molar-refractivity contribution in [1.29, 1.82) is 0 Å². The summed E-state index contributed by atoms with van der Waals surface area (Å²) in [5.41, 5.74) is 6.58. The van der Waals surface area contributed by atoms with Crippen LogP contribution < -0.4 is 0 Å². The number of rotatable bonds is 10. The summed E-state index contributed by atoms with van der Waals surface area (Å²) in [4.78, 5) is 26.8. The first-order valence-corrected chi connectivity index (χ1v) is 25.2. The summed E-state index contributed by atoms with van der Waals surface area (Å²) in [5.74, 6) is 7.40. The predicted molar refractivity (Wildman–Crippen MR) is 239 cm³/mol. The van der Waals surface area contributed by atoms with Gasteiger partial charge in [0.2, 0.25) is 0 Å². The predicted octanol–water partition coefficient (Wildman–Crippen LogP) is 13.4. The van der Waals surface area contributed by atoms with E-state index < -0.39 is 0 Å². The van der Waals surface area contributed by atoms with Crippen molar-refractivity contribution in [2.24, 2.45) is 80.8 Å². The fraction of sp³-hybridized carbons (Fsp3) is 0.889. The number of ketones is 2. The first-order chi connectivity index (χ1) is 27.3. The molecule has 0 spiro atoms. The Labute approximate surface area is 356 Å². The maximum atomic E-state index is 13.4. The Morgan fingerprint density at radius 2 is 0.914 bits per heavy atom. The standard InChI is InChI=1S/2C27H44O2/c2*1-17(2)7-6-8-18(3)23-16-24(29)25-21-10-9-19-15-20(28)11-13-26(19,4)22(21)12-14-27(23,25)5/h2*17-20,22-23,28H,6-16H2,1-5H3/t2*18-,19+,20+,22+,23-,26+,27-/m11/s1. The highest BCUT2D eigenvalue weighted by Crippen LogP contribution is 2.67. The second-order valence-corrected chi connectivity index (χ2v) is 24.2. The average molecular weight is 801 g/mol. The maximum absolute atomic E-state index is 13.4. The van der Waals surface area contributed by atoms with Crippen LogP contribution in [0.5, 0.6) is 0 Å². The monoisotopic (exact) mass is 801 g/mol. The highest BCUT2D eigenvalue weighted by Gasteiger charge is 2.60. The molecule has 14 atom stereocenters. The summed E-state index contributed by atoms with van der Waals surface area (Å²) >= 11 is 0. The van der Waals surface area contributed by atoms with Crippen LogP contribution in [0.25, 0.3) is 0 Å². The molecule has 0 unspecified atom stereocenters. The lowest BCUT2D eigenvalue weighted by atomic mass is 9.48. The van der Waals surface area contributed by atoms with Crippen molar-refractivity contribution in [3.63, 3.8) is 0 Å². The summed E-state index contributed by atoms with van der Waals surface area (Å²) in [6.07, 6.45) is 24.8. The van der Waals surface area contributed by atoms with Gasteiger partial charge in [-0.1, -0.05) is 119 Å². The van der Waals surface area contributed by atoms with Crippen molar-refractivity contribution in [1.82, 2.24) is 0 Å². The third-order valence-corrected chi connectivity index (χ3v) is 19.9. The maximum Gasteiger partial charge on any atom is 0.159 e. The number of aliphatic hydroxyl groups excluding tert-OH is 2. The number of hydrogen-bond donors (Lipinski definition) is 2. The van der Waals surface area contributed by atoms with Gasteiger partial charge in [0.1, 0.15) is 0 Å². The Hall–Kier alpha value is -1.26. The van der Waals surface area contributed by atoms with Crippen LogP contribution in [0, 0.1) is 80.8 Å². The van der Waals surface area contributed by atoms with Crippen molar-refractivity contribution in [3.05, 3.63) is 22.3 Å². The molecule has 0 aromatic heterocycles. The molecule has 6 fully saturated rings. The quantitative estimate of drug-likeness (QED) is 0.231. The lowest BCUT2D eigenvalue weighted by Gasteiger charge is -2.56. The molecule has 4 nitrogen and oxygen atoms in total. The van der Waals surface area contributed by atoms with Crippen LogP contribution in [-0.4, -0.2) is 34.0 Å². The van der Waals surface area contributed by atoms with Gasteiger partial charge >= 0.3 is 0 Å². The lowest BCUT2D eigenvalue weighted by molar-refractivity contribution is -0.116. The molecule has 0 aliphatic heterocycles. The molecular weight excluding hydrogens is 713 g/mol. The third-order valence-electron chi connectivity index (χ3n) is 19.9. The van der Waals surface area contributed by atoms with E-state index in [0.29, 0.717) is 69.7 Å². The highest BCUT2D eigenvalue weighted by molar-refractivity contribution is 6.01. The Bertz CT molecular complexity index is 1470. The van der Waals surface area contributed by atoms with Crippen LogP contribution >= 0.6 is 0 Å². The smallest absolute Gasteiger partial charge is 0.159 e.